The van der Waals surface area contributed by atoms with Gasteiger partial charge in [0.1, 0.15) is 5.82 Å². The number of pyridine rings is 1. The van der Waals surface area contributed by atoms with Gasteiger partial charge < -0.3 is 10.6 Å². The summed E-state index contributed by atoms with van der Waals surface area (Å²) in [5, 5.41) is 6.85. The molecule has 1 atom stereocenters. The first-order valence-electron chi connectivity index (χ1n) is 7.84. The maximum Gasteiger partial charge on any atom is 0.126 e. The fourth-order valence-electron chi connectivity index (χ4n) is 2.86. The van der Waals surface area contributed by atoms with Gasteiger partial charge >= 0.3 is 0 Å². The number of rotatable bonds is 6. The highest BCUT2D eigenvalue weighted by Gasteiger charge is 2.15. The molecule has 1 aromatic heterocycles. The zero-order valence-corrected chi connectivity index (χ0v) is 12.4. The standard InChI is InChI=1S/C18H23N3/c1-2-5-15(6-3-1)10-12-20-18-8-4-7-17(21-18)13-16-9-11-19-14-16/h1-8,16,19H,9-14H2,(H,20,21)/t16-/m1/s1. The van der Waals surface area contributed by atoms with Crippen LogP contribution in [-0.4, -0.2) is 24.6 Å². The molecule has 3 rings (SSSR count). The Morgan fingerprint density at radius 2 is 2.00 bits per heavy atom. The van der Waals surface area contributed by atoms with Gasteiger partial charge in [-0.2, -0.15) is 0 Å². The van der Waals surface area contributed by atoms with Crippen molar-refractivity contribution in [3.8, 4) is 0 Å². The summed E-state index contributed by atoms with van der Waals surface area (Å²) in [6.45, 7) is 3.21. The molecule has 0 aliphatic carbocycles. The maximum absolute atomic E-state index is 4.73. The van der Waals surface area contributed by atoms with Crippen LogP contribution in [0.3, 0.4) is 0 Å². The Kier molecular flexibility index (Phi) is 4.85. The van der Waals surface area contributed by atoms with E-state index in [1.165, 1.54) is 17.7 Å². The van der Waals surface area contributed by atoms with Crippen LogP contribution >= 0.6 is 0 Å². The monoisotopic (exact) mass is 281 g/mol. The van der Waals surface area contributed by atoms with Gasteiger partial charge in [-0.3, -0.25) is 0 Å². The average Bonchev–Trinajstić information content (AvgIpc) is 3.02. The van der Waals surface area contributed by atoms with Gasteiger partial charge in [-0.05, 0) is 56.0 Å². The van der Waals surface area contributed by atoms with Crippen LogP contribution in [0.1, 0.15) is 17.7 Å². The van der Waals surface area contributed by atoms with Crippen LogP contribution < -0.4 is 10.6 Å². The number of anilines is 1. The Morgan fingerprint density at radius 1 is 1.10 bits per heavy atom. The molecule has 3 heteroatoms. The molecule has 2 N–H and O–H groups in total. The molecule has 0 spiro atoms. The molecule has 2 heterocycles. The topological polar surface area (TPSA) is 37.0 Å². The SMILES string of the molecule is c1ccc(CCNc2cccc(C[C@H]3CCNC3)n2)cc1. The Morgan fingerprint density at radius 3 is 2.81 bits per heavy atom. The first-order chi connectivity index (χ1) is 10.4. The fourth-order valence-corrected chi connectivity index (χ4v) is 2.86. The van der Waals surface area contributed by atoms with Crippen molar-refractivity contribution in [2.45, 2.75) is 19.3 Å². The second kappa shape index (κ2) is 7.23. The summed E-state index contributed by atoms with van der Waals surface area (Å²) in [6, 6.07) is 16.9. The lowest BCUT2D eigenvalue weighted by atomic mass is 10.0. The van der Waals surface area contributed by atoms with Crippen LogP contribution in [0, 0.1) is 5.92 Å². The number of benzene rings is 1. The molecule has 110 valence electrons. The number of nitrogens with zero attached hydrogens (tertiary/aromatic N) is 1. The summed E-state index contributed by atoms with van der Waals surface area (Å²) in [5.41, 5.74) is 2.56. The molecular formula is C18H23N3. The lowest BCUT2D eigenvalue weighted by Crippen LogP contribution is -2.12. The highest BCUT2D eigenvalue weighted by Crippen LogP contribution is 2.15. The van der Waals surface area contributed by atoms with Crippen molar-refractivity contribution in [1.82, 2.24) is 10.3 Å². The second-order valence-electron chi connectivity index (χ2n) is 5.74. The van der Waals surface area contributed by atoms with E-state index in [0.29, 0.717) is 0 Å². The van der Waals surface area contributed by atoms with E-state index in [9.17, 15) is 0 Å². The van der Waals surface area contributed by atoms with Crippen LogP contribution in [0.25, 0.3) is 0 Å². The van der Waals surface area contributed by atoms with Crippen molar-refractivity contribution in [2.75, 3.05) is 25.0 Å². The van der Waals surface area contributed by atoms with E-state index in [4.69, 9.17) is 4.98 Å². The third-order valence-corrected chi connectivity index (χ3v) is 4.03. The predicted molar refractivity (Wildman–Crippen MR) is 87.6 cm³/mol. The molecule has 1 saturated heterocycles. The van der Waals surface area contributed by atoms with E-state index in [1.54, 1.807) is 0 Å². The van der Waals surface area contributed by atoms with Gasteiger partial charge in [0.2, 0.25) is 0 Å². The van der Waals surface area contributed by atoms with Crippen molar-refractivity contribution >= 4 is 5.82 Å². The molecule has 1 aromatic carbocycles. The average molecular weight is 281 g/mol. The van der Waals surface area contributed by atoms with Gasteiger partial charge in [-0.15, -0.1) is 0 Å². The maximum atomic E-state index is 4.73. The molecule has 21 heavy (non-hydrogen) atoms. The summed E-state index contributed by atoms with van der Waals surface area (Å²) in [6.07, 6.45) is 3.38. The molecule has 0 unspecified atom stereocenters. The molecule has 0 amide bonds. The summed E-state index contributed by atoms with van der Waals surface area (Å²) in [5.74, 6) is 1.74. The van der Waals surface area contributed by atoms with Crippen LogP contribution in [0.5, 0.6) is 0 Å². The third-order valence-electron chi connectivity index (χ3n) is 4.03. The summed E-state index contributed by atoms with van der Waals surface area (Å²) in [7, 11) is 0. The van der Waals surface area contributed by atoms with Gasteiger partial charge in [0.05, 0.1) is 0 Å². The number of nitrogens with one attached hydrogen (secondary N) is 2. The van der Waals surface area contributed by atoms with Crippen molar-refractivity contribution < 1.29 is 0 Å². The van der Waals surface area contributed by atoms with Gasteiger partial charge in [0.25, 0.3) is 0 Å². The van der Waals surface area contributed by atoms with Gasteiger partial charge in [-0.1, -0.05) is 36.4 Å². The summed E-state index contributed by atoms with van der Waals surface area (Å²) >= 11 is 0. The largest absolute Gasteiger partial charge is 0.370 e. The molecule has 3 nitrogen and oxygen atoms in total. The number of aromatic nitrogens is 1. The fraction of sp³-hybridized carbons (Fsp3) is 0.389. The Bertz CT molecular complexity index is 547. The lowest BCUT2D eigenvalue weighted by molar-refractivity contribution is 0.572. The lowest BCUT2D eigenvalue weighted by Gasteiger charge is -2.10. The molecule has 0 saturated carbocycles. The second-order valence-corrected chi connectivity index (χ2v) is 5.74. The number of hydrogen-bond donors (Lipinski definition) is 2. The van der Waals surface area contributed by atoms with E-state index in [2.05, 4.69) is 59.2 Å². The van der Waals surface area contributed by atoms with Crippen molar-refractivity contribution in [2.24, 2.45) is 5.92 Å². The van der Waals surface area contributed by atoms with Gasteiger partial charge in [0.15, 0.2) is 0 Å². The molecule has 1 aliphatic heterocycles. The zero-order valence-electron chi connectivity index (χ0n) is 12.4. The molecule has 1 aliphatic rings. The molecule has 0 bridgehead atoms. The first-order valence-corrected chi connectivity index (χ1v) is 7.84. The first kappa shape index (κ1) is 14.1. The molecular weight excluding hydrogens is 258 g/mol. The van der Waals surface area contributed by atoms with E-state index in [-0.39, 0.29) is 0 Å². The van der Waals surface area contributed by atoms with Gasteiger partial charge in [-0.25, -0.2) is 4.98 Å². The normalized spacial score (nSPS) is 17.8. The van der Waals surface area contributed by atoms with E-state index in [0.717, 1.165) is 44.2 Å². The number of hydrogen-bond acceptors (Lipinski definition) is 3. The van der Waals surface area contributed by atoms with E-state index < -0.39 is 0 Å². The highest BCUT2D eigenvalue weighted by atomic mass is 15.0. The molecule has 2 aromatic rings. The molecule has 1 fully saturated rings. The summed E-state index contributed by atoms with van der Waals surface area (Å²) in [4.78, 5) is 4.73. The van der Waals surface area contributed by atoms with Gasteiger partial charge in [0, 0.05) is 12.2 Å². The summed E-state index contributed by atoms with van der Waals surface area (Å²) < 4.78 is 0. The Balaban J connectivity index is 1.51. The van der Waals surface area contributed by atoms with E-state index in [1.807, 2.05) is 0 Å². The smallest absolute Gasteiger partial charge is 0.126 e. The highest BCUT2D eigenvalue weighted by molar-refractivity contribution is 5.35. The minimum Gasteiger partial charge on any atom is -0.370 e. The molecule has 0 radical (unpaired) electrons. The van der Waals surface area contributed by atoms with Crippen LogP contribution in [0.4, 0.5) is 5.82 Å². The minimum absolute atomic E-state index is 0.747. The predicted octanol–water partition coefficient (Wildman–Crippen LogP) is 2.89. The Hall–Kier alpha value is -1.87. The quantitative estimate of drug-likeness (QED) is 0.855. The van der Waals surface area contributed by atoms with Crippen molar-refractivity contribution in [1.29, 1.82) is 0 Å². The third kappa shape index (κ3) is 4.30. The van der Waals surface area contributed by atoms with E-state index >= 15 is 0 Å². The Labute approximate surface area is 126 Å². The van der Waals surface area contributed by atoms with Crippen LogP contribution in [-0.2, 0) is 12.8 Å². The van der Waals surface area contributed by atoms with Crippen LogP contribution in [0.15, 0.2) is 48.5 Å². The van der Waals surface area contributed by atoms with Crippen molar-refractivity contribution in [3.05, 3.63) is 59.8 Å². The zero-order chi connectivity index (χ0) is 14.3. The van der Waals surface area contributed by atoms with Crippen LogP contribution in [0.2, 0.25) is 0 Å². The minimum atomic E-state index is 0.747. The van der Waals surface area contributed by atoms with Crippen molar-refractivity contribution in [3.63, 3.8) is 0 Å².